The van der Waals surface area contributed by atoms with Gasteiger partial charge in [0.2, 0.25) is 11.8 Å². The zero-order valence-electron chi connectivity index (χ0n) is 16.9. The molecule has 3 aliphatic rings. The maximum Gasteiger partial charge on any atom is 0.353 e. The lowest BCUT2D eigenvalue weighted by Gasteiger charge is -2.47. The van der Waals surface area contributed by atoms with E-state index in [2.05, 4.69) is 15.4 Å². The lowest BCUT2D eigenvalue weighted by atomic mass is 9.78. The summed E-state index contributed by atoms with van der Waals surface area (Å²) in [7, 11) is -3.77. The van der Waals surface area contributed by atoms with Crippen LogP contribution < -0.4 is 20.5 Å². The Kier molecular flexibility index (Phi) is 6.49. The van der Waals surface area contributed by atoms with Crippen molar-refractivity contribution in [3.63, 3.8) is 0 Å². The van der Waals surface area contributed by atoms with E-state index in [-0.39, 0.29) is 53.3 Å². The van der Waals surface area contributed by atoms with Gasteiger partial charge in [0.05, 0.1) is 12.0 Å². The number of β-lactam (4-membered cyclic amide) rings is 1. The first-order valence-corrected chi connectivity index (χ1v) is 12.1. The summed E-state index contributed by atoms with van der Waals surface area (Å²) in [6.07, 6.45) is 0.626. The van der Waals surface area contributed by atoms with Crippen LogP contribution in [0, 0.1) is 11.8 Å². The van der Waals surface area contributed by atoms with Gasteiger partial charge in [-0.15, -0.1) is 11.8 Å². The highest BCUT2D eigenvalue weighted by Crippen LogP contribution is 2.51. The van der Waals surface area contributed by atoms with Crippen LogP contribution in [0.15, 0.2) is 10.6 Å². The van der Waals surface area contributed by atoms with E-state index in [1.807, 2.05) is 6.92 Å². The molecule has 2 fully saturated rings. The molecule has 0 aliphatic carbocycles. The molecule has 0 aromatic heterocycles. The summed E-state index contributed by atoms with van der Waals surface area (Å²) in [6.45, 7) is 5.77. The molecular formula is C17H27N5O6S2. The second-order valence-corrected chi connectivity index (χ2v) is 10.7. The van der Waals surface area contributed by atoms with E-state index < -0.39 is 22.1 Å². The van der Waals surface area contributed by atoms with Gasteiger partial charge < -0.3 is 20.6 Å². The van der Waals surface area contributed by atoms with Crippen LogP contribution in [0.1, 0.15) is 27.2 Å². The predicted molar refractivity (Wildman–Crippen MR) is 110 cm³/mol. The van der Waals surface area contributed by atoms with Gasteiger partial charge in [-0.3, -0.25) is 9.59 Å². The molecule has 0 saturated carbocycles. The Morgan fingerprint density at radius 3 is 2.67 bits per heavy atom. The van der Waals surface area contributed by atoms with Crippen molar-refractivity contribution < 1.29 is 27.9 Å². The Morgan fingerprint density at radius 2 is 2.10 bits per heavy atom. The standard InChI is InChI=1S/C17H27N5O6S2/c1-7-13-12(8(2)21-9(3)23)16(24)22(13)14(17(25)26)15(7)29-11-4-10(19-6-11)5-20-30(18,27)28/h7-8,10-13,19-20H,4-6H2,1-3H3,(H,21,23)(H,25,26)(H2,18,27,28)/t7-,8-,10+,11+,12-,13-/m1/s1. The Bertz CT molecular complexity index is 891. The summed E-state index contributed by atoms with van der Waals surface area (Å²) >= 11 is 1.42. The lowest BCUT2D eigenvalue weighted by Crippen LogP contribution is -2.66. The van der Waals surface area contributed by atoms with Crippen LogP contribution in [0.3, 0.4) is 0 Å². The lowest BCUT2D eigenvalue weighted by molar-refractivity contribution is -0.158. The van der Waals surface area contributed by atoms with Crippen molar-refractivity contribution in [3.8, 4) is 0 Å². The van der Waals surface area contributed by atoms with E-state index in [4.69, 9.17) is 5.14 Å². The number of carbonyl (C=O) groups is 3. The van der Waals surface area contributed by atoms with Gasteiger partial charge in [-0.05, 0) is 13.3 Å². The molecule has 0 aromatic rings. The highest BCUT2D eigenvalue weighted by Gasteiger charge is 2.60. The van der Waals surface area contributed by atoms with Crippen molar-refractivity contribution >= 4 is 39.8 Å². The molecule has 2 saturated heterocycles. The van der Waals surface area contributed by atoms with Crippen LogP contribution >= 0.6 is 11.8 Å². The first-order chi connectivity index (χ1) is 13.9. The molecule has 168 valence electrons. The largest absolute Gasteiger partial charge is 0.477 e. The van der Waals surface area contributed by atoms with Crippen LogP contribution in [-0.4, -0.2) is 72.7 Å². The number of amides is 2. The van der Waals surface area contributed by atoms with Gasteiger partial charge in [0, 0.05) is 48.2 Å². The highest BCUT2D eigenvalue weighted by molar-refractivity contribution is 8.03. The number of nitrogens with two attached hydrogens (primary N) is 1. The highest BCUT2D eigenvalue weighted by atomic mass is 32.2. The molecule has 0 aromatic carbocycles. The molecule has 3 heterocycles. The topological polar surface area (TPSA) is 171 Å². The number of fused-ring (bicyclic) bond motifs is 1. The Hall–Kier alpha value is -1.67. The minimum absolute atomic E-state index is 0.0138. The molecule has 3 rings (SSSR count). The van der Waals surface area contributed by atoms with Gasteiger partial charge in [-0.25, -0.2) is 14.7 Å². The van der Waals surface area contributed by atoms with Crippen LogP contribution in [0.5, 0.6) is 0 Å². The molecule has 0 unspecified atom stereocenters. The number of hydrogen-bond donors (Lipinski definition) is 5. The monoisotopic (exact) mass is 461 g/mol. The van der Waals surface area contributed by atoms with E-state index in [9.17, 15) is 27.9 Å². The van der Waals surface area contributed by atoms with Crippen molar-refractivity contribution in [2.24, 2.45) is 17.0 Å². The molecule has 11 nitrogen and oxygen atoms in total. The number of carboxylic acid groups (broad SMARTS) is 1. The number of thioether (sulfide) groups is 1. The van der Waals surface area contributed by atoms with Crippen LogP contribution in [0.4, 0.5) is 0 Å². The minimum Gasteiger partial charge on any atom is -0.477 e. The van der Waals surface area contributed by atoms with Gasteiger partial charge in [0.1, 0.15) is 5.70 Å². The molecule has 6 atom stereocenters. The Labute approximate surface area is 179 Å². The molecule has 13 heteroatoms. The average molecular weight is 462 g/mol. The van der Waals surface area contributed by atoms with E-state index in [1.165, 1.54) is 23.6 Å². The quantitative estimate of drug-likeness (QED) is 0.273. The number of nitrogens with zero attached hydrogens (tertiary/aromatic N) is 1. The van der Waals surface area contributed by atoms with E-state index in [0.29, 0.717) is 17.9 Å². The summed E-state index contributed by atoms with van der Waals surface area (Å²) in [4.78, 5) is 38.1. The van der Waals surface area contributed by atoms with Crippen LogP contribution in [-0.2, 0) is 24.6 Å². The van der Waals surface area contributed by atoms with E-state index >= 15 is 0 Å². The third kappa shape index (κ3) is 4.49. The summed E-state index contributed by atoms with van der Waals surface area (Å²) in [5.41, 5.74) is 0.0138. The molecule has 3 aliphatic heterocycles. The second kappa shape index (κ2) is 8.46. The van der Waals surface area contributed by atoms with Crippen molar-refractivity contribution in [2.75, 3.05) is 13.1 Å². The normalized spacial score (nSPS) is 32.1. The van der Waals surface area contributed by atoms with Crippen molar-refractivity contribution in [3.05, 3.63) is 10.6 Å². The maximum atomic E-state index is 12.7. The fourth-order valence-corrected chi connectivity index (χ4v) is 6.48. The summed E-state index contributed by atoms with van der Waals surface area (Å²) in [5, 5.41) is 20.7. The molecule has 6 N–H and O–H groups in total. The zero-order valence-corrected chi connectivity index (χ0v) is 18.5. The Balaban J connectivity index is 1.71. The average Bonchev–Trinajstić information content (AvgIpc) is 3.14. The van der Waals surface area contributed by atoms with E-state index in [1.54, 1.807) is 6.92 Å². The molecule has 0 bridgehead atoms. The molecular weight excluding hydrogens is 434 g/mol. The molecule has 30 heavy (non-hydrogen) atoms. The van der Waals surface area contributed by atoms with Crippen LogP contribution in [0.25, 0.3) is 0 Å². The summed E-state index contributed by atoms with van der Waals surface area (Å²) < 4.78 is 24.4. The second-order valence-electron chi connectivity index (χ2n) is 7.99. The molecule has 2 amide bonds. The number of carbonyl (C=O) groups excluding carboxylic acids is 2. The zero-order chi connectivity index (χ0) is 22.4. The van der Waals surface area contributed by atoms with Crippen molar-refractivity contribution in [1.82, 2.24) is 20.3 Å². The first kappa shape index (κ1) is 23.0. The number of hydrogen-bond acceptors (Lipinski definition) is 7. The third-order valence-corrected chi connectivity index (χ3v) is 7.85. The summed E-state index contributed by atoms with van der Waals surface area (Å²) in [6, 6.07) is -0.806. The molecule has 0 radical (unpaired) electrons. The van der Waals surface area contributed by atoms with E-state index in [0.717, 1.165) is 0 Å². The van der Waals surface area contributed by atoms with Gasteiger partial charge in [-0.1, -0.05) is 6.92 Å². The Morgan fingerprint density at radius 1 is 1.43 bits per heavy atom. The number of rotatable bonds is 8. The maximum absolute atomic E-state index is 12.7. The molecule has 0 spiro atoms. The van der Waals surface area contributed by atoms with Crippen molar-refractivity contribution in [2.45, 2.75) is 50.6 Å². The third-order valence-electron chi connectivity index (χ3n) is 5.77. The predicted octanol–water partition coefficient (Wildman–Crippen LogP) is -1.46. The van der Waals surface area contributed by atoms with Gasteiger partial charge in [0.15, 0.2) is 0 Å². The smallest absolute Gasteiger partial charge is 0.353 e. The van der Waals surface area contributed by atoms with Gasteiger partial charge >= 0.3 is 5.97 Å². The number of nitrogens with one attached hydrogen (secondary N) is 3. The van der Waals surface area contributed by atoms with Crippen molar-refractivity contribution in [1.29, 1.82) is 0 Å². The number of carboxylic acids is 1. The fourth-order valence-electron chi connectivity index (χ4n) is 4.53. The number of aliphatic carboxylic acids is 1. The van der Waals surface area contributed by atoms with Gasteiger partial charge in [0.25, 0.3) is 10.2 Å². The summed E-state index contributed by atoms with van der Waals surface area (Å²) in [5.74, 6) is -2.33. The minimum atomic E-state index is -3.77. The van der Waals surface area contributed by atoms with Crippen LogP contribution in [0.2, 0.25) is 0 Å². The fraction of sp³-hybridized carbons (Fsp3) is 0.706. The van der Waals surface area contributed by atoms with Gasteiger partial charge in [-0.2, -0.15) is 8.42 Å². The first-order valence-electron chi connectivity index (χ1n) is 9.65. The SMILES string of the molecule is CC(=O)N[C@H](C)[C@H]1C(=O)N2C(C(=O)O)=C(S[C@@H]3CN[C@H](CNS(N)(=O)=O)C3)[C@H](C)[C@H]12.